The van der Waals surface area contributed by atoms with Crippen molar-refractivity contribution in [2.45, 2.75) is 38.6 Å². The summed E-state index contributed by atoms with van der Waals surface area (Å²) in [7, 11) is 1.87. The van der Waals surface area contributed by atoms with Crippen molar-refractivity contribution < 1.29 is 4.79 Å². The van der Waals surface area contributed by atoms with Gasteiger partial charge in [-0.05, 0) is 37.0 Å². The number of H-pyrrole nitrogens is 1. The topological polar surface area (TPSA) is 88.5 Å². The molecule has 1 amide bonds. The zero-order valence-corrected chi connectivity index (χ0v) is 17.7. The molecule has 1 aliphatic carbocycles. The van der Waals surface area contributed by atoms with E-state index in [1.807, 2.05) is 25.2 Å². The molecule has 1 aliphatic rings. The van der Waals surface area contributed by atoms with Gasteiger partial charge in [0.25, 0.3) is 5.91 Å². The van der Waals surface area contributed by atoms with Crippen molar-refractivity contribution in [3.8, 4) is 11.4 Å². The van der Waals surface area contributed by atoms with Crippen LogP contribution >= 0.6 is 11.6 Å². The van der Waals surface area contributed by atoms with E-state index in [1.165, 1.54) is 6.42 Å². The Labute approximate surface area is 178 Å². The van der Waals surface area contributed by atoms with Gasteiger partial charge in [-0.2, -0.15) is 5.10 Å². The summed E-state index contributed by atoms with van der Waals surface area (Å²) in [5.41, 5.74) is 3.91. The minimum atomic E-state index is -0.107. The molecule has 1 saturated carbocycles. The Hall–Kier alpha value is -2.93. The van der Waals surface area contributed by atoms with E-state index in [0.29, 0.717) is 39.1 Å². The van der Waals surface area contributed by atoms with Crippen LogP contribution in [0.5, 0.6) is 0 Å². The summed E-state index contributed by atoms with van der Waals surface area (Å²) in [4.78, 5) is 25.3. The summed E-state index contributed by atoms with van der Waals surface area (Å²) in [5, 5.41) is 9.41. The lowest BCUT2D eigenvalue weighted by molar-refractivity contribution is 0.0912. The van der Waals surface area contributed by atoms with E-state index in [1.54, 1.807) is 17.1 Å². The normalized spacial score (nSPS) is 19.4. The molecule has 3 aromatic heterocycles. The van der Waals surface area contributed by atoms with Crippen LogP contribution in [0.1, 0.15) is 43.0 Å². The molecule has 0 aliphatic heterocycles. The van der Waals surface area contributed by atoms with Gasteiger partial charge in [-0.15, -0.1) is 0 Å². The lowest BCUT2D eigenvalue weighted by Gasteiger charge is -2.29. The molecule has 5 rings (SSSR count). The Morgan fingerprint density at radius 1 is 1.30 bits per heavy atom. The van der Waals surface area contributed by atoms with Gasteiger partial charge in [0.2, 0.25) is 0 Å². The fourth-order valence-corrected chi connectivity index (χ4v) is 4.54. The van der Waals surface area contributed by atoms with Gasteiger partial charge in [0.15, 0.2) is 5.65 Å². The van der Waals surface area contributed by atoms with Gasteiger partial charge in [0, 0.05) is 29.7 Å². The van der Waals surface area contributed by atoms with Crippen molar-refractivity contribution >= 4 is 39.6 Å². The number of nitrogens with one attached hydrogen (secondary N) is 2. The second-order valence-corrected chi connectivity index (χ2v) is 8.57. The number of aromatic amines is 1. The van der Waals surface area contributed by atoms with Crippen molar-refractivity contribution in [2.75, 3.05) is 0 Å². The number of hydrogen-bond donors (Lipinski definition) is 2. The lowest BCUT2D eigenvalue weighted by Crippen LogP contribution is -2.41. The molecule has 8 heteroatoms. The minimum absolute atomic E-state index is 0.107. The SMILES string of the molecule is CC1CCCCC1NC(=O)c1c[nH]c2ncc(-c3nn(C)c4cc(Cl)ccc34)nc12. The number of carbonyl (C=O) groups is 1. The summed E-state index contributed by atoms with van der Waals surface area (Å²) < 4.78 is 1.78. The van der Waals surface area contributed by atoms with Crippen molar-refractivity contribution in [3.05, 3.63) is 41.2 Å². The molecule has 2 N–H and O–H groups in total. The number of halogens is 1. The first kappa shape index (κ1) is 19.1. The van der Waals surface area contributed by atoms with Crippen molar-refractivity contribution in [3.63, 3.8) is 0 Å². The highest BCUT2D eigenvalue weighted by Crippen LogP contribution is 2.30. The molecule has 0 radical (unpaired) electrons. The number of benzene rings is 1. The third-order valence-corrected chi connectivity index (χ3v) is 6.34. The molecule has 7 nitrogen and oxygen atoms in total. The van der Waals surface area contributed by atoms with Crippen molar-refractivity contribution in [1.82, 2.24) is 30.0 Å². The fourth-order valence-electron chi connectivity index (χ4n) is 4.38. The van der Waals surface area contributed by atoms with Gasteiger partial charge in [0.1, 0.15) is 16.9 Å². The Bertz CT molecular complexity index is 1260. The first-order valence-electron chi connectivity index (χ1n) is 10.3. The second-order valence-electron chi connectivity index (χ2n) is 8.13. The first-order chi connectivity index (χ1) is 14.5. The summed E-state index contributed by atoms with van der Waals surface area (Å²) in [6.45, 7) is 2.20. The molecule has 2 atom stereocenters. The number of hydrogen-bond acceptors (Lipinski definition) is 4. The van der Waals surface area contributed by atoms with Crippen molar-refractivity contribution in [2.24, 2.45) is 13.0 Å². The van der Waals surface area contributed by atoms with Crippen LogP contribution in [-0.2, 0) is 7.05 Å². The molecule has 0 bridgehead atoms. The van der Waals surface area contributed by atoms with Crippen LogP contribution in [-0.4, -0.2) is 36.7 Å². The van der Waals surface area contributed by atoms with E-state index < -0.39 is 0 Å². The van der Waals surface area contributed by atoms with Gasteiger partial charge < -0.3 is 10.3 Å². The quantitative estimate of drug-likeness (QED) is 0.509. The molecule has 1 fully saturated rings. The van der Waals surface area contributed by atoms with Gasteiger partial charge in [-0.3, -0.25) is 9.48 Å². The lowest BCUT2D eigenvalue weighted by atomic mass is 9.86. The van der Waals surface area contributed by atoms with Crippen LogP contribution in [0, 0.1) is 5.92 Å². The Morgan fingerprint density at radius 2 is 2.13 bits per heavy atom. The highest BCUT2D eigenvalue weighted by Gasteiger charge is 2.25. The third kappa shape index (κ3) is 3.23. The van der Waals surface area contributed by atoms with E-state index in [0.717, 1.165) is 30.2 Å². The number of nitrogens with zero attached hydrogens (tertiary/aromatic N) is 4. The number of fused-ring (bicyclic) bond motifs is 2. The molecule has 30 heavy (non-hydrogen) atoms. The van der Waals surface area contributed by atoms with Crippen LogP contribution in [0.2, 0.25) is 5.02 Å². The number of rotatable bonds is 3. The molecule has 154 valence electrons. The third-order valence-electron chi connectivity index (χ3n) is 6.11. The summed E-state index contributed by atoms with van der Waals surface area (Å²) >= 11 is 6.14. The molecule has 2 unspecified atom stereocenters. The molecule has 4 aromatic rings. The van der Waals surface area contributed by atoms with Gasteiger partial charge >= 0.3 is 0 Å². The Kier molecular flexibility index (Phi) is 4.70. The second kappa shape index (κ2) is 7.40. The number of aromatic nitrogens is 5. The van der Waals surface area contributed by atoms with Gasteiger partial charge in [-0.1, -0.05) is 31.4 Å². The Balaban J connectivity index is 1.53. The molecule has 0 spiro atoms. The average Bonchev–Trinajstić information content (AvgIpc) is 3.30. The first-order valence-corrected chi connectivity index (χ1v) is 10.7. The standard InChI is InChI=1S/C22H23ClN6O/c1-12-5-3-4-6-16(12)27-22(30)15-10-24-21-20(15)26-17(11-25-21)19-14-8-7-13(23)9-18(14)29(2)28-19/h7-12,16H,3-6H2,1-2H3,(H,24,25)(H,27,30). The number of aryl methyl sites for hydroxylation is 1. The summed E-state index contributed by atoms with van der Waals surface area (Å²) in [6.07, 6.45) is 7.94. The zero-order chi connectivity index (χ0) is 20.8. The highest BCUT2D eigenvalue weighted by molar-refractivity contribution is 6.31. The maximum absolute atomic E-state index is 13.0. The van der Waals surface area contributed by atoms with E-state index in [-0.39, 0.29) is 11.9 Å². The van der Waals surface area contributed by atoms with E-state index in [9.17, 15) is 4.79 Å². The van der Waals surface area contributed by atoms with Crippen LogP contribution in [0.15, 0.2) is 30.6 Å². The molecule has 3 heterocycles. The van der Waals surface area contributed by atoms with Crippen LogP contribution in [0.4, 0.5) is 0 Å². The van der Waals surface area contributed by atoms with E-state index in [2.05, 4.69) is 27.3 Å². The average molecular weight is 423 g/mol. The van der Waals surface area contributed by atoms with Crippen molar-refractivity contribution in [1.29, 1.82) is 0 Å². The predicted molar refractivity (Wildman–Crippen MR) is 117 cm³/mol. The summed E-state index contributed by atoms with van der Waals surface area (Å²) in [5.74, 6) is 0.380. The molecular formula is C22H23ClN6O. The predicted octanol–water partition coefficient (Wildman–Crippen LogP) is 4.47. The highest BCUT2D eigenvalue weighted by atomic mass is 35.5. The largest absolute Gasteiger partial charge is 0.349 e. The maximum atomic E-state index is 13.0. The Morgan fingerprint density at radius 3 is 2.97 bits per heavy atom. The fraction of sp³-hybridized carbons (Fsp3) is 0.364. The van der Waals surface area contributed by atoms with Gasteiger partial charge in [0.05, 0.1) is 17.3 Å². The van der Waals surface area contributed by atoms with E-state index in [4.69, 9.17) is 16.6 Å². The number of amides is 1. The molecular weight excluding hydrogens is 400 g/mol. The molecule has 1 aromatic carbocycles. The minimum Gasteiger partial charge on any atom is -0.349 e. The molecule has 0 saturated heterocycles. The zero-order valence-electron chi connectivity index (χ0n) is 16.9. The monoisotopic (exact) mass is 422 g/mol. The van der Waals surface area contributed by atoms with Crippen LogP contribution < -0.4 is 5.32 Å². The van der Waals surface area contributed by atoms with Gasteiger partial charge in [-0.25, -0.2) is 9.97 Å². The van der Waals surface area contributed by atoms with Crippen LogP contribution in [0.3, 0.4) is 0 Å². The van der Waals surface area contributed by atoms with E-state index >= 15 is 0 Å². The smallest absolute Gasteiger partial charge is 0.255 e. The van der Waals surface area contributed by atoms with Crippen LogP contribution in [0.25, 0.3) is 33.5 Å². The maximum Gasteiger partial charge on any atom is 0.255 e. The number of carbonyl (C=O) groups excluding carboxylic acids is 1. The summed E-state index contributed by atoms with van der Waals surface area (Å²) in [6, 6.07) is 5.85.